The van der Waals surface area contributed by atoms with Gasteiger partial charge in [-0.15, -0.1) is 0 Å². The van der Waals surface area contributed by atoms with Crippen LogP contribution in [0.3, 0.4) is 0 Å². The first-order valence-corrected chi connectivity index (χ1v) is 5.63. The van der Waals surface area contributed by atoms with Crippen LogP contribution in [0.5, 0.6) is 0 Å². The number of hydrogen-bond donors (Lipinski definition) is 3. The third-order valence-electron chi connectivity index (χ3n) is 2.41. The van der Waals surface area contributed by atoms with E-state index in [0.717, 1.165) is 0 Å². The summed E-state index contributed by atoms with van der Waals surface area (Å²) in [5.74, 6) is -0.0633. The van der Waals surface area contributed by atoms with Gasteiger partial charge in [0.1, 0.15) is 0 Å². The predicted octanol–water partition coefficient (Wildman–Crippen LogP) is -0.361. The summed E-state index contributed by atoms with van der Waals surface area (Å²) in [6.07, 6.45) is -0.523. The first-order valence-electron chi connectivity index (χ1n) is 5.63. The van der Waals surface area contributed by atoms with Gasteiger partial charge < -0.3 is 15.2 Å². The molecule has 0 bridgehead atoms. The lowest BCUT2D eigenvalue weighted by atomic mass is 10.1. The summed E-state index contributed by atoms with van der Waals surface area (Å²) < 4.78 is 5.11. The standard InChI is InChI=1S/C11H22N2O3/c1-7(10(15)13-11(2,3)4)12-8-5-16-6-9(8)14/h7-9,12,14H,5-6H2,1-4H3,(H,13,15). The van der Waals surface area contributed by atoms with Crippen LogP contribution < -0.4 is 10.6 Å². The maximum absolute atomic E-state index is 11.8. The van der Waals surface area contributed by atoms with Crippen molar-refractivity contribution < 1.29 is 14.6 Å². The van der Waals surface area contributed by atoms with Crippen molar-refractivity contribution in [3.8, 4) is 0 Å². The van der Waals surface area contributed by atoms with Crippen molar-refractivity contribution in [1.82, 2.24) is 10.6 Å². The topological polar surface area (TPSA) is 70.6 Å². The molecule has 1 heterocycles. The summed E-state index contributed by atoms with van der Waals surface area (Å²) in [5, 5.41) is 15.5. The highest BCUT2D eigenvalue weighted by atomic mass is 16.5. The van der Waals surface area contributed by atoms with Crippen LogP contribution >= 0.6 is 0 Å². The fourth-order valence-electron chi connectivity index (χ4n) is 1.58. The summed E-state index contributed by atoms with van der Waals surface area (Å²) >= 11 is 0. The van der Waals surface area contributed by atoms with Crippen LogP contribution in [-0.2, 0) is 9.53 Å². The Balaban J connectivity index is 2.39. The minimum absolute atomic E-state index is 0.0633. The van der Waals surface area contributed by atoms with Crippen LogP contribution in [0.2, 0.25) is 0 Å². The molecule has 5 heteroatoms. The minimum Gasteiger partial charge on any atom is -0.389 e. The van der Waals surface area contributed by atoms with Gasteiger partial charge in [0.25, 0.3) is 0 Å². The maximum atomic E-state index is 11.8. The van der Waals surface area contributed by atoms with E-state index in [4.69, 9.17) is 4.74 Å². The van der Waals surface area contributed by atoms with Gasteiger partial charge in [-0.3, -0.25) is 10.1 Å². The van der Waals surface area contributed by atoms with Gasteiger partial charge >= 0.3 is 0 Å². The average molecular weight is 230 g/mol. The molecule has 0 spiro atoms. The molecule has 1 fully saturated rings. The smallest absolute Gasteiger partial charge is 0.237 e. The molecule has 1 rings (SSSR count). The molecule has 0 aromatic rings. The zero-order valence-corrected chi connectivity index (χ0v) is 10.4. The molecular weight excluding hydrogens is 208 g/mol. The van der Waals surface area contributed by atoms with Crippen LogP contribution in [0.4, 0.5) is 0 Å². The fraction of sp³-hybridized carbons (Fsp3) is 0.909. The van der Waals surface area contributed by atoms with Crippen LogP contribution in [0.15, 0.2) is 0 Å². The van der Waals surface area contributed by atoms with E-state index in [2.05, 4.69) is 10.6 Å². The van der Waals surface area contributed by atoms with E-state index in [0.29, 0.717) is 13.2 Å². The Labute approximate surface area is 96.6 Å². The van der Waals surface area contributed by atoms with Gasteiger partial charge in [0.05, 0.1) is 31.4 Å². The lowest BCUT2D eigenvalue weighted by Gasteiger charge is -2.25. The van der Waals surface area contributed by atoms with Crippen molar-refractivity contribution in [3.63, 3.8) is 0 Å². The Kier molecular flexibility index (Phi) is 4.29. The molecule has 3 unspecified atom stereocenters. The SMILES string of the molecule is CC(NC1COCC1O)C(=O)NC(C)(C)C. The molecule has 1 aliphatic heterocycles. The van der Waals surface area contributed by atoms with Crippen LogP contribution in [0, 0.1) is 0 Å². The second kappa shape index (κ2) is 5.12. The number of ether oxygens (including phenoxy) is 1. The third-order valence-corrected chi connectivity index (χ3v) is 2.41. The highest BCUT2D eigenvalue weighted by molar-refractivity contribution is 5.81. The molecule has 3 N–H and O–H groups in total. The van der Waals surface area contributed by atoms with Crippen molar-refractivity contribution in [2.45, 2.75) is 51.4 Å². The summed E-state index contributed by atoms with van der Waals surface area (Å²) in [5.41, 5.74) is -0.238. The summed E-state index contributed by atoms with van der Waals surface area (Å²) in [6.45, 7) is 8.38. The van der Waals surface area contributed by atoms with Gasteiger partial charge in [0.15, 0.2) is 0 Å². The fourth-order valence-corrected chi connectivity index (χ4v) is 1.58. The normalized spacial score (nSPS) is 27.8. The van der Waals surface area contributed by atoms with Gasteiger partial charge in [-0.05, 0) is 27.7 Å². The quantitative estimate of drug-likeness (QED) is 0.619. The van der Waals surface area contributed by atoms with E-state index < -0.39 is 6.10 Å². The largest absolute Gasteiger partial charge is 0.389 e. The van der Waals surface area contributed by atoms with E-state index in [-0.39, 0.29) is 23.5 Å². The van der Waals surface area contributed by atoms with E-state index in [1.807, 2.05) is 20.8 Å². The van der Waals surface area contributed by atoms with Gasteiger partial charge in [0.2, 0.25) is 5.91 Å². The van der Waals surface area contributed by atoms with Crippen LogP contribution in [0.25, 0.3) is 0 Å². The average Bonchev–Trinajstić information content (AvgIpc) is 2.49. The molecule has 3 atom stereocenters. The molecule has 94 valence electrons. The molecule has 1 amide bonds. The predicted molar refractivity (Wildman–Crippen MR) is 61.1 cm³/mol. The Hall–Kier alpha value is -0.650. The van der Waals surface area contributed by atoms with Crippen molar-refractivity contribution in [2.75, 3.05) is 13.2 Å². The Morgan fingerprint density at radius 2 is 2.06 bits per heavy atom. The summed E-state index contributed by atoms with van der Waals surface area (Å²) in [7, 11) is 0. The zero-order chi connectivity index (χ0) is 12.3. The number of carbonyl (C=O) groups is 1. The van der Waals surface area contributed by atoms with E-state index >= 15 is 0 Å². The van der Waals surface area contributed by atoms with Crippen molar-refractivity contribution in [3.05, 3.63) is 0 Å². The summed E-state index contributed by atoms with van der Waals surface area (Å²) in [6, 6.07) is -0.485. The first kappa shape index (κ1) is 13.4. The summed E-state index contributed by atoms with van der Waals surface area (Å²) in [4.78, 5) is 11.8. The monoisotopic (exact) mass is 230 g/mol. The van der Waals surface area contributed by atoms with E-state index in [1.54, 1.807) is 6.92 Å². The third kappa shape index (κ3) is 4.08. The van der Waals surface area contributed by atoms with Crippen molar-refractivity contribution in [1.29, 1.82) is 0 Å². The first-order chi connectivity index (χ1) is 7.29. The van der Waals surface area contributed by atoms with E-state index in [1.165, 1.54) is 0 Å². The molecule has 1 saturated heterocycles. The number of rotatable bonds is 3. The highest BCUT2D eigenvalue weighted by Crippen LogP contribution is 2.06. The minimum atomic E-state index is -0.523. The highest BCUT2D eigenvalue weighted by Gasteiger charge is 2.29. The van der Waals surface area contributed by atoms with Crippen molar-refractivity contribution >= 4 is 5.91 Å². The molecular formula is C11H22N2O3. The van der Waals surface area contributed by atoms with Gasteiger partial charge in [-0.25, -0.2) is 0 Å². The number of aliphatic hydroxyl groups is 1. The number of amides is 1. The molecule has 0 aromatic heterocycles. The molecule has 0 aromatic carbocycles. The van der Waals surface area contributed by atoms with Gasteiger partial charge in [0, 0.05) is 5.54 Å². The van der Waals surface area contributed by atoms with Gasteiger partial charge in [-0.1, -0.05) is 0 Å². The Bertz CT molecular complexity index is 250. The molecule has 0 saturated carbocycles. The molecule has 1 aliphatic rings. The second-order valence-electron chi connectivity index (χ2n) is 5.34. The Morgan fingerprint density at radius 3 is 2.50 bits per heavy atom. The lowest BCUT2D eigenvalue weighted by Crippen LogP contribution is -2.53. The number of nitrogens with one attached hydrogen (secondary N) is 2. The van der Waals surface area contributed by atoms with Crippen molar-refractivity contribution in [2.24, 2.45) is 0 Å². The van der Waals surface area contributed by atoms with Crippen LogP contribution in [0.1, 0.15) is 27.7 Å². The van der Waals surface area contributed by atoms with Gasteiger partial charge in [-0.2, -0.15) is 0 Å². The number of carbonyl (C=O) groups excluding carboxylic acids is 1. The second-order valence-corrected chi connectivity index (χ2v) is 5.34. The molecule has 0 radical (unpaired) electrons. The zero-order valence-electron chi connectivity index (χ0n) is 10.4. The maximum Gasteiger partial charge on any atom is 0.237 e. The lowest BCUT2D eigenvalue weighted by molar-refractivity contribution is -0.124. The Morgan fingerprint density at radius 1 is 1.44 bits per heavy atom. The van der Waals surface area contributed by atoms with Crippen LogP contribution in [-0.4, -0.2) is 48.0 Å². The number of hydrogen-bond acceptors (Lipinski definition) is 4. The van der Waals surface area contributed by atoms with E-state index in [9.17, 15) is 9.90 Å². The molecule has 0 aliphatic carbocycles. The molecule has 5 nitrogen and oxygen atoms in total. The molecule has 16 heavy (non-hydrogen) atoms. The number of aliphatic hydroxyl groups excluding tert-OH is 1.